The molecule has 23 heavy (non-hydrogen) atoms. The Morgan fingerprint density at radius 1 is 1.09 bits per heavy atom. The molecule has 1 heterocycles. The molecule has 2 aromatic rings. The van der Waals surface area contributed by atoms with Crippen LogP contribution in [0.3, 0.4) is 0 Å². The summed E-state index contributed by atoms with van der Waals surface area (Å²) in [6.45, 7) is 1.16. The van der Waals surface area contributed by atoms with Gasteiger partial charge < -0.3 is 10.1 Å². The molecule has 0 spiro atoms. The van der Waals surface area contributed by atoms with Crippen molar-refractivity contribution in [3.05, 3.63) is 71.8 Å². The van der Waals surface area contributed by atoms with E-state index in [2.05, 4.69) is 29.6 Å². The number of hydrogen-bond acceptors (Lipinski definition) is 4. The van der Waals surface area contributed by atoms with Crippen LogP contribution in [0.25, 0.3) is 0 Å². The third kappa shape index (κ3) is 3.10. The fourth-order valence-corrected chi connectivity index (χ4v) is 3.12. The summed E-state index contributed by atoms with van der Waals surface area (Å²) in [6.07, 6.45) is -0.224. The highest BCUT2D eigenvalue weighted by molar-refractivity contribution is 5.72. The van der Waals surface area contributed by atoms with E-state index < -0.39 is 11.6 Å². The predicted octanol–water partition coefficient (Wildman–Crippen LogP) is 2.62. The first-order chi connectivity index (χ1) is 11.2. The zero-order valence-corrected chi connectivity index (χ0v) is 12.7. The Morgan fingerprint density at radius 2 is 1.61 bits per heavy atom. The second-order valence-corrected chi connectivity index (χ2v) is 5.73. The highest BCUT2D eigenvalue weighted by Gasteiger charge is 2.49. The molecule has 2 aromatic carbocycles. The third-order valence-electron chi connectivity index (χ3n) is 4.18. The van der Waals surface area contributed by atoms with Crippen molar-refractivity contribution in [2.24, 2.45) is 0 Å². The molecule has 3 rings (SSSR count). The molecular weight excluding hydrogens is 288 g/mol. The average Bonchev–Trinajstić information content (AvgIpc) is 2.55. The number of nitrogens with one attached hydrogen (secondary N) is 1. The van der Waals surface area contributed by atoms with Crippen molar-refractivity contribution >= 4 is 5.97 Å². The maximum atomic E-state index is 11.9. The minimum Gasteiger partial charge on any atom is -0.455 e. The summed E-state index contributed by atoms with van der Waals surface area (Å²) < 4.78 is 5.76. The van der Waals surface area contributed by atoms with Gasteiger partial charge in [0.1, 0.15) is 12.0 Å². The molecular formula is C19H18N2O2. The van der Waals surface area contributed by atoms with Gasteiger partial charge in [0, 0.05) is 13.1 Å². The standard InChI is InChI=1S/C19H18N2O2/c20-12-11-17(22)23-19(13-21-14-19)18(15-7-3-1-4-8-15)16-9-5-2-6-10-16/h1-10,18,21H,11,13-14H2. The molecule has 0 aromatic heterocycles. The van der Waals surface area contributed by atoms with Gasteiger partial charge >= 0.3 is 5.97 Å². The van der Waals surface area contributed by atoms with Crippen LogP contribution in [0.15, 0.2) is 60.7 Å². The van der Waals surface area contributed by atoms with Gasteiger partial charge in [-0.2, -0.15) is 5.26 Å². The first kappa shape index (κ1) is 15.3. The summed E-state index contributed by atoms with van der Waals surface area (Å²) in [5, 5.41) is 11.9. The summed E-state index contributed by atoms with van der Waals surface area (Å²) in [5.41, 5.74) is 1.56. The van der Waals surface area contributed by atoms with Gasteiger partial charge in [0.25, 0.3) is 0 Å². The molecule has 116 valence electrons. The smallest absolute Gasteiger partial charge is 0.320 e. The van der Waals surface area contributed by atoms with Crippen LogP contribution in [-0.4, -0.2) is 24.7 Å². The molecule has 0 aliphatic carbocycles. The molecule has 1 aliphatic heterocycles. The van der Waals surface area contributed by atoms with E-state index in [0.29, 0.717) is 13.1 Å². The molecule has 0 amide bonds. The third-order valence-corrected chi connectivity index (χ3v) is 4.18. The Morgan fingerprint density at radius 3 is 2.00 bits per heavy atom. The van der Waals surface area contributed by atoms with Crippen LogP contribution in [-0.2, 0) is 9.53 Å². The van der Waals surface area contributed by atoms with E-state index in [1.165, 1.54) is 0 Å². The van der Waals surface area contributed by atoms with E-state index in [0.717, 1.165) is 11.1 Å². The number of nitriles is 1. The zero-order valence-electron chi connectivity index (χ0n) is 12.7. The van der Waals surface area contributed by atoms with Crippen LogP contribution in [0.1, 0.15) is 23.5 Å². The number of carbonyl (C=O) groups is 1. The highest BCUT2D eigenvalue weighted by Crippen LogP contribution is 2.40. The topological polar surface area (TPSA) is 62.1 Å². The predicted molar refractivity (Wildman–Crippen MR) is 86.6 cm³/mol. The summed E-state index contributed by atoms with van der Waals surface area (Å²) in [5.74, 6) is -0.528. The van der Waals surface area contributed by atoms with Crippen molar-refractivity contribution in [3.63, 3.8) is 0 Å². The van der Waals surface area contributed by atoms with Crippen molar-refractivity contribution in [3.8, 4) is 6.07 Å². The Bertz CT molecular complexity index is 664. The van der Waals surface area contributed by atoms with E-state index in [1.54, 1.807) is 0 Å². The summed E-state index contributed by atoms with van der Waals surface area (Å²) in [6, 6.07) is 22.0. The van der Waals surface area contributed by atoms with Crippen LogP contribution >= 0.6 is 0 Å². The minimum atomic E-state index is -0.642. The number of ether oxygens (including phenoxy) is 1. The molecule has 4 nitrogen and oxygen atoms in total. The number of esters is 1. The maximum Gasteiger partial charge on any atom is 0.320 e. The highest BCUT2D eigenvalue weighted by atomic mass is 16.6. The maximum absolute atomic E-state index is 11.9. The van der Waals surface area contributed by atoms with Crippen LogP contribution in [0, 0.1) is 11.3 Å². The second kappa shape index (κ2) is 6.64. The molecule has 0 radical (unpaired) electrons. The number of rotatable bonds is 5. The first-order valence-corrected chi connectivity index (χ1v) is 7.64. The van der Waals surface area contributed by atoms with Gasteiger partial charge in [-0.3, -0.25) is 4.79 Å². The van der Waals surface area contributed by atoms with Gasteiger partial charge in [-0.15, -0.1) is 0 Å². The lowest BCUT2D eigenvalue weighted by Crippen LogP contribution is -2.65. The molecule has 4 heteroatoms. The molecule has 0 saturated carbocycles. The van der Waals surface area contributed by atoms with Crippen LogP contribution in [0.4, 0.5) is 0 Å². The van der Waals surface area contributed by atoms with Crippen LogP contribution in [0.2, 0.25) is 0 Å². The lowest BCUT2D eigenvalue weighted by Gasteiger charge is -2.47. The Hall–Kier alpha value is -2.64. The second-order valence-electron chi connectivity index (χ2n) is 5.73. The fraction of sp³-hybridized carbons (Fsp3) is 0.263. The molecule has 1 fully saturated rings. The van der Waals surface area contributed by atoms with Crippen molar-refractivity contribution in [1.82, 2.24) is 5.32 Å². The van der Waals surface area contributed by atoms with Gasteiger partial charge in [0.05, 0.1) is 12.0 Å². The summed E-state index contributed by atoms with van der Waals surface area (Å²) in [4.78, 5) is 11.9. The lowest BCUT2D eigenvalue weighted by atomic mass is 9.73. The monoisotopic (exact) mass is 306 g/mol. The van der Waals surface area contributed by atoms with Crippen molar-refractivity contribution in [2.75, 3.05) is 13.1 Å². The number of nitrogens with zero attached hydrogens (tertiary/aromatic N) is 1. The zero-order chi connectivity index (χ0) is 16.1. The van der Waals surface area contributed by atoms with E-state index in [4.69, 9.17) is 10.00 Å². The Labute approximate surface area is 135 Å². The van der Waals surface area contributed by atoms with Crippen LogP contribution in [0.5, 0.6) is 0 Å². The molecule has 0 atom stereocenters. The van der Waals surface area contributed by atoms with E-state index in [-0.39, 0.29) is 12.3 Å². The largest absolute Gasteiger partial charge is 0.455 e. The van der Waals surface area contributed by atoms with Crippen LogP contribution < -0.4 is 5.32 Å². The molecule has 0 bridgehead atoms. The van der Waals surface area contributed by atoms with Crippen molar-refractivity contribution in [2.45, 2.75) is 17.9 Å². The first-order valence-electron chi connectivity index (χ1n) is 7.64. The van der Waals surface area contributed by atoms with E-state index >= 15 is 0 Å². The number of carbonyl (C=O) groups excluding carboxylic acids is 1. The molecule has 0 unspecified atom stereocenters. The molecule has 1 N–H and O–H groups in total. The van der Waals surface area contributed by atoms with E-state index in [9.17, 15) is 4.79 Å². The SMILES string of the molecule is N#CCC(=O)OC1(C(c2ccccc2)c2ccccc2)CNC1. The Balaban J connectivity index is 2.00. The number of hydrogen-bond donors (Lipinski definition) is 1. The van der Waals surface area contributed by atoms with Gasteiger partial charge in [-0.05, 0) is 11.1 Å². The average molecular weight is 306 g/mol. The van der Waals surface area contributed by atoms with Crippen molar-refractivity contribution < 1.29 is 9.53 Å². The van der Waals surface area contributed by atoms with Gasteiger partial charge in [0.15, 0.2) is 0 Å². The molecule has 1 saturated heterocycles. The summed E-state index contributed by atoms with van der Waals surface area (Å²) >= 11 is 0. The lowest BCUT2D eigenvalue weighted by molar-refractivity contribution is -0.166. The molecule has 1 aliphatic rings. The van der Waals surface area contributed by atoms with E-state index in [1.807, 2.05) is 42.5 Å². The van der Waals surface area contributed by atoms with Crippen molar-refractivity contribution in [1.29, 1.82) is 5.26 Å². The fourth-order valence-electron chi connectivity index (χ4n) is 3.12. The quantitative estimate of drug-likeness (QED) is 0.863. The van der Waals surface area contributed by atoms with Gasteiger partial charge in [-0.1, -0.05) is 60.7 Å². The Kier molecular flexibility index (Phi) is 4.40. The number of benzene rings is 2. The normalized spacial score (nSPS) is 15.5. The van der Waals surface area contributed by atoms with Gasteiger partial charge in [-0.25, -0.2) is 0 Å². The minimum absolute atomic E-state index is 0.0613. The summed E-state index contributed by atoms with van der Waals surface area (Å²) in [7, 11) is 0. The van der Waals surface area contributed by atoms with Gasteiger partial charge in [0.2, 0.25) is 0 Å².